The number of ether oxygens (including phenoxy) is 3. The Balaban J connectivity index is 2.23. The van der Waals surface area contributed by atoms with Gasteiger partial charge in [-0.3, -0.25) is 0 Å². The first-order valence-corrected chi connectivity index (χ1v) is 7.47. The van der Waals surface area contributed by atoms with Crippen LogP contribution in [0.4, 0.5) is 5.69 Å². The van der Waals surface area contributed by atoms with Gasteiger partial charge in [-0.1, -0.05) is 15.9 Å². The molecule has 1 saturated heterocycles. The van der Waals surface area contributed by atoms with E-state index in [4.69, 9.17) is 14.2 Å². The molecule has 7 heteroatoms. The first-order chi connectivity index (χ1) is 10.3. The summed E-state index contributed by atoms with van der Waals surface area (Å²) >= 11 is 3.35. The van der Waals surface area contributed by atoms with Gasteiger partial charge < -0.3 is 19.5 Å². The largest absolute Gasteiger partial charge is 0.492 e. The minimum atomic E-state index is -1.25. The molecular weight excluding hydrogens is 354 g/mol. The van der Waals surface area contributed by atoms with Gasteiger partial charge in [0.1, 0.15) is 5.75 Å². The number of halogens is 1. The molecule has 2 rings (SSSR count). The van der Waals surface area contributed by atoms with Gasteiger partial charge in [-0.05, 0) is 25.1 Å². The zero-order valence-electron chi connectivity index (χ0n) is 12.4. The summed E-state index contributed by atoms with van der Waals surface area (Å²) in [6.45, 7) is 5.34. The average Bonchev–Trinajstić information content (AvgIpc) is 2.39. The summed E-state index contributed by atoms with van der Waals surface area (Å²) in [5.41, 5.74) is 0.399. The quantitative estimate of drug-likeness (QED) is 0.499. The summed E-state index contributed by atoms with van der Waals surface area (Å²) in [5.74, 6) is -2.12. The Morgan fingerprint density at radius 2 is 1.91 bits per heavy atom. The molecular formula is C15H16BrNO5. The fourth-order valence-corrected chi connectivity index (χ4v) is 2.19. The number of esters is 2. The van der Waals surface area contributed by atoms with E-state index in [1.807, 2.05) is 13.0 Å². The summed E-state index contributed by atoms with van der Waals surface area (Å²) in [4.78, 5) is 23.7. The van der Waals surface area contributed by atoms with Crippen molar-refractivity contribution in [1.82, 2.24) is 0 Å². The number of carbonyl (C=O) groups excluding carboxylic acids is 2. The predicted octanol–water partition coefficient (Wildman–Crippen LogP) is 2.98. The molecule has 1 aromatic rings. The number of hydrogen-bond donors (Lipinski definition) is 1. The molecule has 1 heterocycles. The van der Waals surface area contributed by atoms with Crippen molar-refractivity contribution in [2.24, 2.45) is 0 Å². The normalized spacial score (nSPS) is 16.6. The number of hydrogen-bond acceptors (Lipinski definition) is 6. The van der Waals surface area contributed by atoms with Gasteiger partial charge in [0.15, 0.2) is 5.57 Å². The van der Waals surface area contributed by atoms with Crippen LogP contribution in [0, 0.1) is 0 Å². The highest BCUT2D eigenvalue weighted by molar-refractivity contribution is 9.10. The molecule has 1 aromatic carbocycles. The van der Waals surface area contributed by atoms with E-state index >= 15 is 0 Å². The molecule has 0 unspecified atom stereocenters. The average molecular weight is 370 g/mol. The van der Waals surface area contributed by atoms with Gasteiger partial charge in [0.05, 0.1) is 12.3 Å². The van der Waals surface area contributed by atoms with Crippen LogP contribution in [0.2, 0.25) is 0 Å². The lowest BCUT2D eigenvalue weighted by Gasteiger charge is -2.29. The van der Waals surface area contributed by atoms with Crippen LogP contribution in [0.1, 0.15) is 20.8 Å². The number of anilines is 1. The Morgan fingerprint density at radius 3 is 2.50 bits per heavy atom. The van der Waals surface area contributed by atoms with Gasteiger partial charge >= 0.3 is 11.9 Å². The van der Waals surface area contributed by atoms with Crippen molar-refractivity contribution in [3.8, 4) is 5.75 Å². The van der Waals surface area contributed by atoms with Crippen molar-refractivity contribution < 1.29 is 23.8 Å². The predicted molar refractivity (Wildman–Crippen MR) is 83.3 cm³/mol. The molecule has 118 valence electrons. The number of rotatable bonds is 4. The number of benzene rings is 1. The van der Waals surface area contributed by atoms with Crippen molar-refractivity contribution in [1.29, 1.82) is 0 Å². The molecule has 1 aliphatic heterocycles. The fraction of sp³-hybridized carbons (Fsp3) is 0.333. The van der Waals surface area contributed by atoms with Gasteiger partial charge in [-0.15, -0.1) is 0 Å². The Hall–Kier alpha value is -2.02. The first-order valence-electron chi connectivity index (χ1n) is 6.68. The second-order valence-electron chi connectivity index (χ2n) is 4.95. The third kappa shape index (κ3) is 3.79. The van der Waals surface area contributed by atoms with E-state index in [0.717, 1.165) is 4.47 Å². The summed E-state index contributed by atoms with van der Waals surface area (Å²) in [7, 11) is 0. The van der Waals surface area contributed by atoms with Gasteiger partial charge in [0, 0.05) is 24.5 Å². The van der Waals surface area contributed by atoms with Gasteiger partial charge in [-0.25, -0.2) is 9.59 Å². The minimum absolute atomic E-state index is 0.207. The van der Waals surface area contributed by atoms with E-state index in [2.05, 4.69) is 21.2 Å². The maximum absolute atomic E-state index is 11.8. The molecule has 1 aliphatic rings. The van der Waals surface area contributed by atoms with Crippen molar-refractivity contribution in [3.63, 3.8) is 0 Å². The summed E-state index contributed by atoms with van der Waals surface area (Å²) in [5, 5.41) is 2.88. The van der Waals surface area contributed by atoms with Crippen LogP contribution in [0.25, 0.3) is 0 Å². The Kier molecular flexibility index (Phi) is 4.75. The topological polar surface area (TPSA) is 73.9 Å². The lowest BCUT2D eigenvalue weighted by Crippen LogP contribution is -2.42. The Morgan fingerprint density at radius 1 is 1.27 bits per heavy atom. The van der Waals surface area contributed by atoms with E-state index in [1.54, 1.807) is 12.1 Å². The maximum Gasteiger partial charge on any atom is 0.350 e. The van der Waals surface area contributed by atoms with Gasteiger partial charge in [0.2, 0.25) is 0 Å². The lowest BCUT2D eigenvalue weighted by atomic mass is 10.2. The molecule has 0 saturated carbocycles. The number of cyclic esters (lactones) is 2. The van der Waals surface area contributed by atoms with Gasteiger partial charge in [-0.2, -0.15) is 0 Å². The third-order valence-corrected chi connectivity index (χ3v) is 3.22. The fourth-order valence-electron chi connectivity index (χ4n) is 1.82. The SMILES string of the molecule is CCOc1ccc(Br)cc1NC=C1C(=O)OC(C)(C)OC1=O. The molecule has 22 heavy (non-hydrogen) atoms. The van der Waals surface area contributed by atoms with Crippen molar-refractivity contribution in [2.45, 2.75) is 26.6 Å². The van der Waals surface area contributed by atoms with Crippen molar-refractivity contribution in [3.05, 3.63) is 34.4 Å². The van der Waals surface area contributed by atoms with Crippen LogP contribution < -0.4 is 10.1 Å². The highest BCUT2D eigenvalue weighted by Crippen LogP contribution is 2.29. The molecule has 1 N–H and O–H groups in total. The molecule has 0 spiro atoms. The molecule has 0 aliphatic carbocycles. The molecule has 0 atom stereocenters. The van der Waals surface area contributed by atoms with Crippen molar-refractivity contribution >= 4 is 33.6 Å². The first kappa shape index (κ1) is 16.4. The Labute approximate surface area is 136 Å². The summed E-state index contributed by atoms with van der Waals surface area (Å²) in [6, 6.07) is 5.37. The monoisotopic (exact) mass is 369 g/mol. The number of nitrogens with one attached hydrogen (secondary N) is 1. The zero-order valence-corrected chi connectivity index (χ0v) is 14.0. The second kappa shape index (κ2) is 6.39. The summed E-state index contributed by atoms with van der Waals surface area (Å²) in [6.07, 6.45) is 1.25. The highest BCUT2D eigenvalue weighted by atomic mass is 79.9. The molecule has 6 nitrogen and oxygen atoms in total. The zero-order chi connectivity index (χ0) is 16.3. The molecule has 0 bridgehead atoms. The lowest BCUT2D eigenvalue weighted by molar-refractivity contribution is -0.222. The van der Waals surface area contributed by atoms with E-state index in [0.29, 0.717) is 18.0 Å². The molecule has 0 aromatic heterocycles. The van der Waals surface area contributed by atoms with Crippen LogP contribution in [-0.2, 0) is 19.1 Å². The maximum atomic E-state index is 11.8. The van der Waals surface area contributed by atoms with Crippen LogP contribution in [0.3, 0.4) is 0 Å². The highest BCUT2D eigenvalue weighted by Gasteiger charge is 2.38. The van der Waals surface area contributed by atoms with Crippen LogP contribution in [-0.4, -0.2) is 24.3 Å². The van der Waals surface area contributed by atoms with Crippen LogP contribution in [0.5, 0.6) is 5.75 Å². The minimum Gasteiger partial charge on any atom is -0.492 e. The molecule has 0 amide bonds. The standard InChI is InChI=1S/C15H16BrNO5/c1-4-20-12-6-5-9(16)7-11(12)17-8-10-13(18)21-15(2,3)22-14(10)19/h5-8,17H,4H2,1-3H3. The van der Waals surface area contributed by atoms with Crippen LogP contribution in [0.15, 0.2) is 34.4 Å². The van der Waals surface area contributed by atoms with E-state index in [1.165, 1.54) is 20.0 Å². The number of carbonyl (C=O) groups is 2. The van der Waals surface area contributed by atoms with Crippen molar-refractivity contribution in [2.75, 3.05) is 11.9 Å². The smallest absolute Gasteiger partial charge is 0.350 e. The van der Waals surface area contributed by atoms with Gasteiger partial charge in [0.25, 0.3) is 5.79 Å². The van der Waals surface area contributed by atoms with E-state index < -0.39 is 17.7 Å². The third-order valence-electron chi connectivity index (χ3n) is 2.73. The molecule has 0 radical (unpaired) electrons. The summed E-state index contributed by atoms with van der Waals surface area (Å²) < 4.78 is 16.3. The Bertz CT molecular complexity index is 617. The van der Waals surface area contributed by atoms with E-state index in [-0.39, 0.29) is 5.57 Å². The van der Waals surface area contributed by atoms with E-state index in [9.17, 15) is 9.59 Å². The molecule has 1 fully saturated rings. The second-order valence-corrected chi connectivity index (χ2v) is 5.87. The van der Waals surface area contributed by atoms with Crippen LogP contribution >= 0.6 is 15.9 Å².